The first kappa shape index (κ1) is 16.4. The van der Waals surface area contributed by atoms with E-state index in [2.05, 4.69) is 5.32 Å². The highest BCUT2D eigenvalue weighted by atomic mass is 35.5. The van der Waals surface area contributed by atoms with Crippen LogP contribution in [0.5, 0.6) is 0 Å². The standard InChI is InChI=1S/C12H19ClN2O6/c1-3-12(13)9(18)14-11(19)15(10(12)20-2)8-4-6(17)7(5-16)21-8/h6-8,10,16-17H,3-5H2,1-2H3,(H,14,18,19)/t6-,7+,8+,10+,12-/m0/s1. The molecule has 120 valence electrons. The Morgan fingerprint density at radius 2 is 2.24 bits per heavy atom. The maximum Gasteiger partial charge on any atom is 0.328 e. The van der Waals surface area contributed by atoms with Gasteiger partial charge in [-0.2, -0.15) is 0 Å². The van der Waals surface area contributed by atoms with Crippen molar-refractivity contribution in [3.8, 4) is 0 Å². The van der Waals surface area contributed by atoms with Crippen LogP contribution in [-0.2, 0) is 14.3 Å². The largest absolute Gasteiger partial charge is 0.394 e. The molecule has 0 aromatic carbocycles. The lowest BCUT2D eigenvalue weighted by Crippen LogP contribution is -2.70. The third-order valence-electron chi connectivity index (χ3n) is 3.91. The molecule has 0 saturated carbocycles. The lowest BCUT2D eigenvalue weighted by Gasteiger charge is -2.45. The van der Waals surface area contributed by atoms with Crippen molar-refractivity contribution in [2.45, 2.75) is 49.3 Å². The van der Waals surface area contributed by atoms with Gasteiger partial charge in [-0.1, -0.05) is 6.92 Å². The summed E-state index contributed by atoms with van der Waals surface area (Å²) in [5.41, 5.74) is 0. The van der Waals surface area contributed by atoms with E-state index in [4.69, 9.17) is 26.2 Å². The fourth-order valence-corrected chi connectivity index (χ4v) is 2.91. The molecule has 2 aliphatic rings. The van der Waals surface area contributed by atoms with Crippen LogP contribution in [0.25, 0.3) is 0 Å². The highest BCUT2D eigenvalue weighted by Crippen LogP contribution is 2.36. The topological polar surface area (TPSA) is 108 Å². The predicted molar refractivity (Wildman–Crippen MR) is 71.4 cm³/mol. The summed E-state index contributed by atoms with van der Waals surface area (Å²) < 4.78 is 10.7. The number of carbonyl (C=O) groups is 2. The predicted octanol–water partition coefficient (Wildman–Crippen LogP) is -0.634. The molecule has 2 saturated heterocycles. The van der Waals surface area contributed by atoms with Crippen molar-refractivity contribution >= 4 is 23.5 Å². The average molecular weight is 323 g/mol. The number of rotatable bonds is 4. The fraction of sp³-hybridized carbons (Fsp3) is 0.833. The maximum atomic E-state index is 12.1. The van der Waals surface area contributed by atoms with Crippen LogP contribution in [0.15, 0.2) is 0 Å². The number of halogens is 1. The highest BCUT2D eigenvalue weighted by molar-refractivity contribution is 6.37. The summed E-state index contributed by atoms with van der Waals surface area (Å²) in [6.45, 7) is 1.33. The van der Waals surface area contributed by atoms with Gasteiger partial charge in [0, 0.05) is 13.5 Å². The zero-order chi connectivity index (χ0) is 15.8. The minimum atomic E-state index is -1.44. The number of aliphatic hydroxyl groups excluding tert-OH is 2. The third-order valence-corrected chi connectivity index (χ3v) is 4.53. The number of ether oxygens (including phenoxy) is 2. The van der Waals surface area contributed by atoms with E-state index in [9.17, 15) is 14.7 Å². The summed E-state index contributed by atoms with van der Waals surface area (Å²) in [6.07, 6.45) is -3.22. The lowest BCUT2D eigenvalue weighted by molar-refractivity contribution is -0.157. The van der Waals surface area contributed by atoms with Gasteiger partial charge in [-0.05, 0) is 6.42 Å². The van der Waals surface area contributed by atoms with Gasteiger partial charge in [0.15, 0.2) is 11.1 Å². The zero-order valence-corrected chi connectivity index (χ0v) is 12.5. The van der Waals surface area contributed by atoms with Crippen molar-refractivity contribution in [2.24, 2.45) is 0 Å². The normalized spacial score (nSPS) is 40.5. The molecule has 2 aliphatic heterocycles. The summed E-state index contributed by atoms with van der Waals surface area (Å²) in [4.78, 5) is 23.8. The molecule has 2 heterocycles. The number of amides is 3. The van der Waals surface area contributed by atoms with Gasteiger partial charge in [-0.25, -0.2) is 4.79 Å². The number of hydrogen-bond donors (Lipinski definition) is 3. The van der Waals surface area contributed by atoms with Crippen LogP contribution in [-0.4, -0.2) is 70.3 Å². The summed E-state index contributed by atoms with van der Waals surface area (Å²) in [7, 11) is 1.34. The van der Waals surface area contributed by atoms with E-state index < -0.39 is 41.5 Å². The molecule has 8 nitrogen and oxygen atoms in total. The lowest BCUT2D eigenvalue weighted by atomic mass is 9.98. The maximum absolute atomic E-state index is 12.1. The Morgan fingerprint density at radius 1 is 1.57 bits per heavy atom. The Balaban J connectivity index is 2.28. The fourth-order valence-electron chi connectivity index (χ4n) is 2.67. The van der Waals surface area contributed by atoms with Crippen LogP contribution >= 0.6 is 11.6 Å². The molecule has 0 aromatic rings. The van der Waals surface area contributed by atoms with Crippen LogP contribution in [0, 0.1) is 0 Å². The molecule has 0 bridgehead atoms. The van der Waals surface area contributed by atoms with Gasteiger partial charge in [0.05, 0.1) is 12.7 Å². The number of imide groups is 1. The van der Waals surface area contributed by atoms with Crippen molar-refractivity contribution in [1.82, 2.24) is 10.2 Å². The minimum Gasteiger partial charge on any atom is -0.394 e. The summed E-state index contributed by atoms with van der Waals surface area (Å²) in [5.74, 6) is -0.628. The smallest absolute Gasteiger partial charge is 0.328 e. The van der Waals surface area contributed by atoms with Gasteiger partial charge < -0.3 is 19.7 Å². The van der Waals surface area contributed by atoms with Crippen LogP contribution < -0.4 is 5.32 Å². The van der Waals surface area contributed by atoms with Crippen molar-refractivity contribution in [1.29, 1.82) is 0 Å². The number of hydrogen-bond acceptors (Lipinski definition) is 6. The number of alkyl halides is 1. The highest BCUT2D eigenvalue weighted by Gasteiger charge is 2.56. The second kappa shape index (κ2) is 6.05. The van der Waals surface area contributed by atoms with Crippen molar-refractivity contribution in [3.05, 3.63) is 0 Å². The van der Waals surface area contributed by atoms with E-state index in [0.29, 0.717) is 0 Å². The Kier molecular flexibility index (Phi) is 4.74. The van der Waals surface area contributed by atoms with Crippen LogP contribution in [0.1, 0.15) is 19.8 Å². The van der Waals surface area contributed by atoms with Gasteiger partial charge in [-0.3, -0.25) is 15.0 Å². The Morgan fingerprint density at radius 3 is 2.71 bits per heavy atom. The number of nitrogens with one attached hydrogen (secondary N) is 1. The molecular formula is C12H19ClN2O6. The molecule has 21 heavy (non-hydrogen) atoms. The van der Waals surface area contributed by atoms with Gasteiger partial charge in [0.25, 0.3) is 5.91 Å². The molecule has 2 rings (SSSR count). The molecule has 5 atom stereocenters. The van der Waals surface area contributed by atoms with E-state index in [-0.39, 0.29) is 19.4 Å². The van der Waals surface area contributed by atoms with Crippen molar-refractivity contribution < 1.29 is 29.3 Å². The first-order valence-corrected chi connectivity index (χ1v) is 7.06. The molecule has 0 radical (unpaired) electrons. The molecule has 3 N–H and O–H groups in total. The zero-order valence-electron chi connectivity index (χ0n) is 11.8. The van der Waals surface area contributed by atoms with Crippen LogP contribution in [0.2, 0.25) is 0 Å². The number of aliphatic hydroxyl groups is 2. The van der Waals surface area contributed by atoms with Gasteiger partial charge in [0.2, 0.25) is 0 Å². The molecule has 3 amide bonds. The quantitative estimate of drug-likeness (QED) is 0.595. The monoisotopic (exact) mass is 322 g/mol. The van der Waals surface area contributed by atoms with Crippen LogP contribution in [0.3, 0.4) is 0 Å². The minimum absolute atomic E-state index is 0.101. The average Bonchev–Trinajstić information content (AvgIpc) is 2.82. The van der Waals surface area contributed by atoms with E-state index >= 15 is 0 Å². The second-order valence-corrected chi connectivity index (χ2v) is 5.76. The summed E-state index contributed by atoms with van der Waals surface area (Å²) >= 11 is 6.32. The molecular weight excluding hydrogens is 304 g/mol. The number of urea groups is 1. The third kappa shape index (κ3) is 2.62. The van der Waals surface area contributed by atoms with Crippen LogP contribution in [0.4, 0.5) is 4.79 Å². The van der Waals surface area contributed by atoms with E-state index in [1.165, 1.54) is 7.11 Å². The number of carbonyl (C=O) groups excluding carboxylic acids is 2. The Bertz CT molecular complexity index is 436. The van der Waals surface area contributed by atoms with E-state index in [1.54, 1.807) is 6.92 Å². The summed E-state index contributed by atoms with van der Waals surface area (Å²) in [5, 5.41) is 21.1. The Hall–Kier alpha value is -0.930. The number of nitrogens with zero attached hydrogens (tertiary/aromatic N) is 1. The molecule has 9 heteroatoms. The van der Waals surface area contributed by atoms with E-state index in [0.717, 1.165) is 4.90 Å². The van der Waals surface area contributed by atoms with Crippen molar-refractivity contribution in [2.75, 3.05) is 13.7 Å². The number of methoxy groups -OCH3 is 1. The SMILES string of the molecule is CC[C@]1(Cl)C(=O)NC(=O)N([C@H]2C[C@H](O)[C@@H](CO)O2)[C@@H]1OC. The Labute approximate surface area is 126 Å². The first-order chi connectivity index (χ1) is 9.88. The second-order valence-electron chi connectivity index (χ2n) is 5.09. The van der Waals surface area contributed by atoms with E-state index in [1.807, 2.05) is 0 Å². The molecule has 2 fully saturated rings. The molecule has 0 aliphatic carbocycles. The van der Waals surface area contributed by atoms with Crippen molar-refractivity contribution in [3.63, 3.8) is 0 Å². The van der Waals surface area contributed by atoms with Gasteiger partial charge >= 0.3 is 6.03 Å². The van der Waals surface area contributed by atoms with Gasteiger partial charge in [0.1, 0.15) is 12.3 Å². The summed E-state index contributed by atoms with van der Waals surface area (Å²) in [6, 6.07) is -0.702. The molecule has 0 aromatic heterocycles. The first-order valence-electron chi connectivity index (χ1n) is 6.68. The molecule has 0 unspecified atom stereocenters. The molecule has 0 spiro atoms. The van der Waals surface area contributed by atoms with Gasteiger partial charge in [-0.15, -0.1) is 11.6 Å².